The zero-order valence-electron chi connectivity index (χ0n) is 9.32. The average Bonchev–Trinajstić information content (AvgIpc) is 3.01. The molecule has 3 rings (SSSR count). The third-order valence-electron chi connectivity index (χ3n) is 3.39. The molecule has 0 radical (unpaired) electrons. The fourth-order valence-corrected chi connectivity index (χ4v) is 3.50. The molecule has 88 valence electrons. The maximum atomic E-state index is 5.81. The maximum Gasteiger partial charge on any atom is 0.233 e. The molecule has 2 aliphatic rings. The number of nitrogens with zero attached hydrogens (tertiary/aromatic N) is 2. The molecule has 4 nitrogen and oxygen atoms in total. The lowest BCUT2D eigenvalue weighted by Crippen LogP contribution is -2.13. The van der Waals surface area contributed by atoms with Crippen molar-refractivity contribution in [2.45, 2.75) is 37.6 Å². The summed E-state index contributed by atoms with van der Waals surface area (Å²) in [5.74, 6) is 4.62. The standard InChI is InChI=1S/C11H17N3OS/c1-2-9(12-5-1)11-14-13-10(15-11)8-3-6-16-7-4-8/h8-9,12H,1-7H2. The molecule has 1 atom stereocenters. The van der Waals surface area contributed by atoms with Crippen molar-refractivity contribution in [1.29, 1.82) is 0 Å². The number of rotatable bonds is 2. The molecular formula is C11H17N3OS. The second kappa shape index (κ2) is 4.75. The molecule has 0 amide bonds. The van der Waals surface area contributed by atoms with E-state index >= 15 is 0 Å². The monoisotopic (exact) mass is 239 g/mol. The molecule has 3 heterocycles. The molecule has 0 saturated carbocycles. The van der Waals surface area contributed by atoms with E-state index in [0.29, 0.717) is 12.0 Å². The summed E-state index contributed by atoms with van der Waals surface area (Å²) >= 11 is 2.02. The molecule has 0 aliphatic carbocycles. The fourth-order valence-electron chi connectivity index (χ4n) is 2.39. The third kappa shape index (κ3) is 2.11. The van der Waals surface area contributed by atoms with E-state index in [0.717, 1.165) is 24.7 Å². The number of aromatic nitrogens is 2. The van der Waals surface area contributed by atoms with E-state index in [-0.39, 0.29) is 0 Å². The van der Waals surface area contributed by atoms with Crippen LogP contribution in [-0.2, 0) is 0 Å². The summed E-state index contributed by atoms with van der Waals surface area (Å²) in [5.41, 5.74) is 0. The van der Waals surface area contributed by atoms with Crippen LogP contribution in [0.25, 0.3) is 0 Å². The minimum Gasteiger partial charge on any atom is -0.423 e. The molecule has 1 aromatic heterocycles. The number of nitrogens with one attached hydrogen (secondary N) is 1. The van der Waals surface area contributed by atoms with Gasteiger partial charge in [-0.15, -0.1) is 10.2 Å². The molecular weight excluding hydrogens is 222 g/mol. The SMILES string of the molecule is C1CNC(c2nnc(C3CCSCC3)o2)C1. The molecule has 1 unspecified atom stereocenters. The van der Waals surface area contributed by atoms with E-state index < -0.39 is 0 Å². The van der Waals surface area contributed by atoms with E-state index in [2.05, 4.69) is 15.5 Å². The second-order valence-electron chi connectivity index (χ2n) is 4.51. The minimum absolute atomic E-state index is 0.305. The lowest BCUT2D eigenvalue weighted by molar-refractivity contribution is 0.373. The van der Waals surface area contributed by atoms with Gasteiger partial charge in [0.15, 0.2) is 0 Å². The molecule has 0 bridgehead atoms. The fraction of sp³-hybridized carbons (Fsp3) is 0.818. The quantitative estimate of drug-likeness (QED) is 0.856. The Bertz CT molecular complexity index is 343. The highest BCUT2D eigenvalue weighted by atomic mass is 32.2. The van der Waals surface area contributed by atoms with Crippen LogP contribution in [0.5, 0.6) is 0 Å². The zero-order valence-corrected chi connectivity index (χ0v) is 10.1. The summed E-state index contributed by atoms with van der Waals surface area (Å²) in [4.78, 5) is 0. The van der Waals surface area contributed by atoms with Gasteiger partial charge in [0.2, 0.25) is 11.8 Å². The summed E-state index contributed by atoms with van der Waals surface area (Å²) in [7, 11) is 0. The van der Waals surface area contributed by atoms with E-state index in [1.165, 1.54) is 30.8 Å². The van der Waals surface area contributed by atoms with Crippen molar-refractivity contribution in [3.05, 3.63) is 11.8 Å². The zero-order chi connectivity index (χ0) is 10.8. The van der Waals surface area contributed by atoms with E-state index in [9.17, 15) is 0 Å². The van der Waals surface area contributed by atoms with Crippen molar-refractivity contribution in [3.8, 4) is 0 Å². The Kier molecular flexibility index (Phi) is 3.15. The summed E-state index contributed by atoms with van der Waals surface area (Å²) in [6.07, 6.45) is 4.71. The molecule has 16 heavy (non-hydrogen) atoms. The Morgan fingerprint density at radius 2 is 1.94 bits per heavy atom. The van der Waals surface area contributed by atoms with Crippen LogP contribution in [0.4, 0.5) is 0 Å². The van der Waals surface area contributed by atoms with Crippen LogP contribution in [0, 0.1) is 0 Å². The Balaban J connectivity index is 1.71. The first-order valence-electron chi connectivity index (χ1n) is 6.08. The van der Waals surface area contributed by atoms with Gasteiger partial charge in [0.05, 0.1) is 6.04 Å². The van der Waals surface area contributed by atoms with Gasteiger partial charge in [-0.25, -0.2) is 0 Å². The largest absolute Gasteiger partial charge is 0.423 e. The predicted molar refractivity (Wildman–Crippen MR) is 63.6 cm³/mol. The Morgan fingerprint density at radius 3 is 2.69 bits per heavy atom. The lowest BCUT2D eigenvalue weighted by atomic mass is 10.0. The summed E-state index contributed by atoms with van der Waals surface area (Å²) in [6.45, 7) is 1.07. The number of hydrogen-bond donors (Lipinski definition) is 1. The smallest absolute Gasteiger partial charge is 0.233 e. The first kappa shape index (κ1) is 10.6. The Morgan fingerprint density at radius 1 is 1.12 bits per heavy atom. The van der Waals surface area contributed by atoms with Crippen LogP contribution >= 0.6 is 11.8 Å². The van der Waals surface area contributed by atoms with Crippen LogP contribution in [0.1, 0.15) is 49.4 Å². The highest BCUT2D eigenvalue weighted by Crippen LogP contribution is 2.32. The highest BCUT2D eigenvalue weighted by Gasteiger charge is 2.25. The molecule has 2 aliphatic heterocycles. The first-order chi connectivity index (χ1) is 7.93. The van der Waals surface area contributed by atoms with Gasteiger partial charge < -0.3 is 9.73 Å². The van der Waals surface area contributed by atoms with Crippen molar-refractivity contribution < 1.29 is 4.42 Å². The predicted octanol–water partition coefficient (Wildman–Crippen LogP) is 2.10. The van der Waals surface area contributed by atoms with Crippen LogP contribution < -0.4 is 5.32 Å². The van der Waals surface area contributed by atoms with Gasteiger partial charge in [-0.2, -0.15) is 11.8 Å². The molecule has 0 spiro atoms. The van der Waals surface area contributed by atoms with Gasteiger partial charge in [0.25, 0.3) is 0 Å². The molecule has 2 saturated heterocycles. The van der Waals surface area contributed by atoms with Crippen molar-refractivity contribution in [2.24, 2.45) is 0 Å². The minimum atomic E-state index is 0.305. The van der Waals surface area contributed by atoms with Crippen molar-refractivity contribution in [2.75, 3.05) is 18.1 Å². The topological polar surface area (TPSA) is 51.0 Å². The van der Waals surface area contributed by atoms with E-state index in [1.807, 2.05) is 11.8 Å². The van der Waals surface area contributed by atoms with Crippen molar-refractivity contribution in [3.63, 3.8) is 0 Å². The van der Waals surface area contributed by atoms with Crippen LogP contribution in [0.2, 0.25) is 0 Å². The van der Waals surface area contributed by atoms with Crippen molar-refractivity contribution >= 4 is 11.8 Å². The number of thioether (sulfide) groups is 1. The van der Waals surface area contributed by atoms with Gasteiger partial charge in [-0.3, -0.25) is 0 Å². The van der Waals surface area contributed by atoms with Crippen LogP contribution in [0.3, 0.4) is 0 Å². The van der Waals surface area contributed by atoms with Gasteiger partial charge >= 0.3 is 0 Å². The number of hydrogen-bond acceptors (Lipinski definition) is 5. The Labute approximate surface area is 99.6 Å². The van der Waals surface area contributed by atoms with Crippen LogP contribution in [-0.4, -0.2) is 28.2 Å². The van der Waals surface area contributed by atoms with E-state index in [1.54, 1.807) is 0 Å². The first-order valence-corrected chi connectivity index (χ1v) is 7.23. The van der Waals surface area contributed by atoms with Gasteiger partial charge in [-0.1, -0.05) is 0 Å². The highest BCUT2D eigenvalue weighted by molar-refractivity contribution is 7.99. The maximum absolute atomic E-state index is 5.81. The van der Waals surface area contributed by atoms with Crippen LogP contribution in [0.15, 0.2) is 4.42 Å². The van der Waals surface area contributed by atoms with Gasteiger partial charge in [0.1, 0.15) is 0 Å². The Hall–Kier alpha value is -0.550. The molecule has 0 aromatic carbocycles. The molecule has 2 fully saturated rings. The van der Waals surface area contributed by atoms with E-state index in [4.69, 9.17) is 4.42 Å². The van der Waals surface area contributed by atoms with Crippen molar-refractivity contribution in [1.82, 2.24) is 15.5 Å². The van der Waals surface area contributed by atoms with Gasteiger partial charge in [0, 0.05) is 5.92 Å². The summed E-state index contributed by atoms with van der Waals surface area (Å²) < 4.78 is 5.81. The molecule has 5 heteroatoms. The average molecular weight is 239 g/mol. The molecule has 1 N–H and O–H groups in total. The summed E-state index contributed by atoms with van der Waals surface area (Å²) in [6, 6.07) is 0.305. The van der Waals surface area contributed by atoms with Gasteiger partial charge in [-0.05, 0) is 43.7 Å². The molecule has 1 aromatic rings. The summed E-state index contributed by atoms with van der Waals surface area (Å²) in [5, 5.41) is 11.8. The normalized spacial score (nSPS) is 27.4. The second-order valence-corrected chi connectivity index (χ2v) is 5.74. The lowest BCUT2D eigenvalue weighted by Gasteiger charge is -2.17. The third-order valence-corrected chi connectivity index (χ3v) is 4.43.